The normalized spacial score (nSPS) is 27.3. The average Bonchev–Trinajstić information content (AvgIpc) is 2.50. The molecule has 2 aliphatic rings. The van der Waals surface area contributed by atoms with Gasteiger partial charge in [-0.05, 0) is 56.5 Å². The predicted molar refractivity (Wildman–Crippen MR) is 102 cm³/mol. The fourth-order valence-electron chi connectivity index (χ4n) is 4.10. The first-order valence-electron chi connectivity index (χ1n) is 8.67. The van der Waals surface area contributed by atoms with Crippen LogP contribution in [-0.2, 0) is 0 Å². The second kappa shape index (κ2) is 7.45. The molecule has 0 radical (unpaired) electrons. The maximum Gasteiger partial charge on any atom is 0.171 e. The van der Waals surface area contributed by atoms with E-state index in [0.29, 0.717) is 18.1 Å². The summed E-state index contributed by atoms with van der Waals surface area (Å²) in [5.74, 6) is 0. The molecule has 2 bridgehead atoms. The third-order valence-corrected chi connectivity index (χ3v) is 5.41. The van der Waals surface area contributed by atoms with Crippen LogP contribution in [0.2, 0.25) is 0 Å². The fraction of sp³-hybridized carbons (Fsp3) is 0.526. The van der Waals surface area contributed by atoms with Crippen molar-refractivity contribution < 1.29 is 0 Å². The van der Waals surface area contributed by atoms with E-state index in [1.807, 2.05) is 18.2 Å². The van der Waals surface area contributed by atoms with Crippen molar-refractivity contribution in [3.8, 4) is 0 Å². The van der Waals surface area contributed by atoms with Gasteiger partial charge < -0.3 is 10.6 Å². The first-order chi connectivity index (χ1) is 11.2. The number of thiocarbonyl (C=S) groups is 1. The van der Waals surface area contributed by atoms with Gasteiger partial charge in [0.2, 0.25) is 0 Å². The largest absolute Gasteiger partial charge is 0.360 e. The summed E-state index contributed by atoms with van der Waals surface area (Å²) < 4.78 is 0. The molecule has 2 N–H and O–H groups in total. The first-order valence-corrected chi connectivity index (χ1v) is 9.08. The summed E-state index contributed by atoms with van der Waals surface area (Å²) in [7, 11) is 0. The van der Waals surface area contributed by atoms with Crippen LogP contribution in [0.15, 0.2) is 36.9 Å². The number of anilines is 1. The van der Waals surface area contributed by atoms with Gasteiger partial charge in [-0.15, -0.1) is 6.58 Å². The molecule has 4 heteroatoms. The van der Waals surface area contributed by atoms with E-state index in [1.54, 1.807) is 0 Å². The Morgan fingerprint density at radius 3 is 2.65 bits per heavy atom. The maximum atomic E-state index is 5.54. The molecule has 0 aromatic heterocycles. The number of benzene rings is 1. The molecule has 2 fully saturated rings. The number of hydrogen-bond donors (Lipinski definition) is 2. The van der Waals surface area contributed by atoms with Crippen LogP contribution in [0.5, 0.6) is 0 Å². The van der Waals surface area contributed by atoms with E-state index in [-0.39, 0.29) is 0 Å². The fourth-order valence-corrected chi connectivity index (χ4v) is 4.38. The van der Waals surface area contributed by atoms with E-state index in [2.05, 4.69) is 41.2 Å². The van der Waals surface area contributed by atoms with Crippen molar-refractivity contribution in [1.29, 1.82) is 0 Å². The minimum absolute atomic E-state index is 0.482. The first kappa shape index (κ1) is 16.5. The minimum Gasteiger partial charge on any atom is -0.360 e. The Balaban J connectivity index is 1.58. The molecule has 2 saturated heterocycles. The average molecular weight is 330 g/mol. The van der Waals surface area contributed by atoms with E-state index in [4.69, 9.17) is 12.2 Å². The Labute approximate surface area is 145 Å². The lowest BCUT2D eigenvalue weighted by Gasteiger charge is -2.48. The summed E-state index contributed by atoms with van der Waals surface area (Å²) in [6.45, 7) is 7.04. The zero-order valence-corrected chi connectivity index (χ0v) is 14.7. The molecule has 124 valence electrons. The van der Waals surface area contributed by atoms with Crippen molar-refractivity contribution in [3.05, 3.63) is 42.5 Å². The highest BCUT2D eigenvalue weighted by atomic mass is 32.1. The van der Waals surface area contributed by atoms with Crippen LogP contribution in [0.25, 0.3) is 0 Å². The standard InChI is InChI=1S/C19H27N3S/c1-3-11-22-16-8-6-9-17(22)13-15(12-16)20-19(23)21-18-10-5-4-7-14(18)2/h3-5,7,10,15-17H,1,6,8-9,11-13H2,2H3,(H2,20,21,23)/t15?,16-,17+. The maximum absolute atomic E-state index is 5.54. The monoisotopic (exact) mass is 329 g/mol. The van der Waals surface area contributed by atoms with Crippen LogP contribution in [0, 0.1) is 6.92 Å². The number of aryl methyl sites for hydroxylation is 1. The molecule has 0 spiro atoms. The van der Waals surface area contributed by atoms with Crippen LogP contribution < -0.4 is 10.6 Å². The Bertz CT molecular complexity index is 557. The van der Waals surface area contributed by atoms with E-state index < -0.39 is 0 Å². The predicted octanol–water partition coefficient (Wildman–Crippen LogP) is 3.85. The molecule has 2 heterocycles. The Morgan fingerprint density at radius 1 is 1.30 bits per heavy atom. The molecular formula is C19H27N3S. The third-order valence-electron chi connectivity index (χ3n) is 5.19. The molecular weight excluding hydrogens is 302 g/mol. The van der Waals surface area contributed by atoms with Gasteiger partial charge in [0.15, 0.2) is 5.11 Å². The molecule has 1 aromatic carbocycles. The van der Waals surface area contributed by atoms with Crippen molar-refractivity contribution in [1.82, 2.24) is 10.2 Å². The second-order valence-electron chi connectivity index (χ2n) is 6.81. The summed E-state index contributed by atoms with van der Waals surface area (Å²) in [6.07, 6.45) is 8.38. The van der Waals surface area contributed by atoms with Crippen LogP contribution in [0.3, 0.4) is 0 Å². The molecule has 0 aliphatic carbocycles. The third kappa shape index (κ3) is 3.93. The Kier molecular flexibility index (Phi) is 5.34. The summed E-state index contributed by atoms with van der Waals surface area (Å²) >= 11 is 5.54. The highest BCUT2D eigenvalue weighted by Gasteiger charge is 2.37. The zero-order chi connectivity index (χ0) is 16.2. The molecule has 1 unspecified atom stereocenters. The van der Waals surface area contributed by atoms with Gasteiger partial charge in [-0.1, -0.05) is 30.7 Å². The highest BCUT2D eigenvalue weighted by molar-refractivity contribution is 7.80. The van der Waals surface area contributed by atoms with Gasteiger partial charge >= 0.3 is 0 Å². The molecule has 3 rings (SSSR count). The zero-order valence-electron chi connectivity index (χ0n) is 13.9. The van der Waals surface area contributed by atoms with Gasteiger partial charge in [0.1, 0.15) is 0 Å². The number of para-hydroxylation sites is 1. The van der Waals surface area contributed by atoms with E-state index in [0.717, 1.165) is 17.3 Å². The van der Waals surface area contributed by atoms with E-state index >= 15 is 0 Å². The summed E-state index contributed by atoms with van der Waals surface area (Å²) in [4.78, 5) is 2.65. The minimum atomic E-state index is 0.482. The second-order valence-corrected chi connectivity index (χ2v) is 7.21. The number of nitrogens with zero attached hydrogens (tertiary/aromatic N) is 1. The summed E-state index contributed by atoms with van der Waals surface area (Å²) in [6, 6.07) is 10.1. The van der Waals surface area contributed by atoms with E-state index in [9.17, 15) is 0 Å². The molecule has 3 nitrogen and oxygen atoms in total. The Hall–Kier alpha value is -1.39. The van der Waals surface area contributed by atoms with Gasteiger partial charge in [0.05, 0.1) is 0 Å². The summed E-state index contributed by atoms with van der Waals surface area (Å²) in [5.41, 5.74) is 2.31. The lowest BCUT2D eigenvalue weighted by Crippen LogP contribution is -2.57. The van der Waals surface area contributed by atoms with Crippen molar-refractivity contribution in [2.45, 2.75) is 57.2 Å². The van der Waals surface area contributed by atoms with Gasteiger partial charge in [-0.25, -0.2) is 0 Å². The molecule has 2 aliphatic heterocycles. The smallest absolute Gasteiger partial charge is 0.171 e. The van der Waals surface area contributed by atoms with Gasteiger partial charge in [0.25, 0.3) is 0 Å². The highest BCUT2D eigenvalue weighted by Crippen LogP contribution is 2.33. The molecule has 0 amide bonds. The van der Waals surface area contributed by atoms with Crippen LogP contribution in [-0.4, -0.2) is 34.7 Å². The molecule has 3 atom stereocenters. The van der Waals surface area contributed by atoms with Gasteiger partial charge in [-0.2, -0.15) is 0 Å². The lowest BCUT2D eigenvalue weighted by atomic mass is 9.82. The number of rotatable bonds is 4. The lowest BCUT2D eigenvalue weighted by molar-refractivity contribution is 0.0389. The van der Waals surface area contributed by atoms with Crippen LogP contribution >= 0.6 is 12.2 Å². The van der Waals surface area contributed by atoms with Crippen LogP contribution in [0.1, 0.15) is 37.7 Å². The van der Waals surface area contributed by atoms with Crippen molar-refractivity contribution in [3.63, 3.8) is 0 Å². The van der Waals surface area contributed by atoms with Gasteiger partial charge in [-0.3, -0.25) is 4.90 Å². The van der Waals surface area contributed by atoms with Gasteiger partial charge in [0, 0.05) is 30.4 Å². The molecule has 23 heavy (non-hydrogen) atoms. The SMILES string of the molecule is C=CCN1[C@@H]2CCC[C@H]1CC(NC(=S)Nc1ccccc1C)C2. The summed E-state index contributed by atoms with van der Waals surface area (Å²) in [5, 5.41) is 7.65. The number of fused-ring (bicyclic) bond motifs is 2. The van der Waals surface area contributed by atoms with Crippen molar-refractivity contribution >= 4 is 23.0 Å². The molecule has 1 aromatic rings. The van der Waals surface area contributed by atoms with E-state index in [1.165, 1.54) is 37.7 Å². The Morgan fingerprint density at radius 2 is 2.00 bits per heavy atom. The molecule has 0 saturated carbocycles. The number of hydrogen-bond acceptors (Lipinski definition) is 2. The van der Waals surface area contributed by atoms with Crippen molar-refractivity contribution in [2.24, 2.45) is 0 Å². The quantitative estimate of drug-likeness (QED) is 0.648. The number of piperidine rings is 2. The topological polar surface area (TPSA) is 27.3 Å². The number of nitrogens with one attached hydrogen (secondary N) is 2. The van der Waals surface area contributed by atoms with Crippen molar-refractivity contribution in [2.75, 3.05) is 11.9 Å². The van der Waals surface area contributed by atoms with Crippen LogP contribution in [0.4, 0.5) is 5.69 Å².